The molecule has 47 valence electrons. The lowest BCUT2D eigenvalue weighted by atomic mass is 10.2. The van der Waals surface area contributed by atoms with E-state index in [9.17, 15) is 9.50 Å². The predicted molar refractivity (Wildman–Crippen MR) is 31.4 cm³/mol. The van der Waals surface area contributed by atoms with Gasteiger partial charge in [0.2, 0.25) is 0 Å². The molecule has 0 spiro atoms. The van der Waals surface area contributed by atoms with Crippen LogP contribution in [-0.4, -0.2) is 0 Å². The molecule has 2 heteroatoms. The monoisotopic (exact) mass is 125 g/mol. The molecule has 1 aromatic rings. The summed E-state index contributed by atoms with van der Waals surface area (Å²) in [6, 6.07) is 5.83. The molecular weight excluding hydrogens is 119 g/mol. The normalized spacial score (nSPS) is 9.44. The maximum Gasteiger partial charge on any atom is 0.179 e. The summed E-state index contributed by atoms with van der Waals surface area (Å²) >= 11 is 0. The van der Waals surface area contributed by atoms with E-state index in [-0.39, 0.29) is 5.75 Å². The van der Waals surface area contributed by atoms with E-state index >= 15 is 0 Å². The Balaban J connectivity index is 2.94. The standard InChI is InChI=1S/C7H6FO/c8-5-6-2-1-3-7(9)4-6/h1-4H,5H2. The Morgan fingerprint density at radius 1 is 1.44 bits per heavy atom. The number of benzene rings is 1. The van der Waals surface area contributed by atoms with Crippen LogP contribution in [0, 0.1) is 0 Å². The third kappa shape index (κ3) is 1.42. The molecule has 0 aliphatic rings. The Morgan fingerprint density at radius 2 is 2.22 bits per heavy atom. The zero-order valence-electron chi connectivity index (χ0n) is 4.80. The second-order valence-electron chi connectivity index (χ2n) is 1.78. The van der Waals surface area contributed by atoms with Gasteiger partial charge in [0.15, 0.2) is 5.75 Å². The van der Waals surface area contributed by atoms with Crippen LogP contribution in [0.15, 0.2) is 24.3 Å². The minimum absolute atomic E-state index is 0.134. The highest BCUT2D eigenvalue weighted by atomic mass is 19.1. The fraction of sp³-hybridized carbons (Fsp3) is 0.143. The molecule has 1 radical (unpaired) electrons. The summed E-state index contributed by atoms with van der Waals surface area (Å²) in [6.45, 7) is -0.559. The van der Waals surface area contributed by atoms with Crippen molar-refractivity contribution in [1.82, 2.24) is 0 Å². The summed E-state index contributed by atoms with van der Waals surface area (Å²) in [5, 5.41) is 10.5. The quantitative estimate of drug-likeness (QED) is 0.548. The van der Waals surface area contributed by atoms with Crippen LogP contribution in [0.1, 0.15) is 5.56 Å². The number of halogens is 1. The summed E-state index contributed by atoms with van der Waals surface area (Å²) in [5.74, 6) is -0.134. The van der Waals surface area contributed by atoms with Crippen LogP contribution in [-0.2, 0) is 11.8 Å². The van der Waals surface area contributed by atoms with Gasteiger partial charge < -0.3 is 0 Å². The van der Waals surface area contributed by atoms with Crippen molar-refractivity contribution in [1.29, 1.82) is 0 Å². The molecule has 0 saturated carbocycles. The van der Waals surface area contributed by atoms with E-state index in [1.807, 2.05) is 0 Å². The van der Waals surface area contributed by atoms with Crippen LogP contribution in [0.2, 0.25) is 0 Å². The SMILES string of the molecule is [O]c1cccc(CF)c1. The van der Waals surface area contributed by atoms with Gasteiger partial charge >= 0.3 is 0 Å². The highest BCUT2D eigenvalue weighted by molar-refractivity contribution is 5.26. The fourth-order valence-electron chi connectivity index (χ4n) is 0.629. The largest absolute Gasteiger partial charge is 0.290 e. The van der Waals surface area contributed by atoms with E-state index < -0.39 is 6.67 Å². The molecule has 0 fully saturated rings. The van der Waals surface area contributed by atoms with Crippen molar-refractivity contribution in [3.05, 3.63) is 29.8 Å². The molecule has 1 rings (SSSR count). The zero-order valence-corrected chi connectivity index (χ0v) is 4.80. The minimum atomic E-state index is -0.559. The van der Waals surface area contributed by atoms with Gasteiger partial charge in [-0.15, -0.1) is 0 Å². The minimum Gasteiger partial charge on any atom is -0.290 e. The highest BCUT2D eigenvalue weighted by Crippen LogP contribution is 2.11. The van der Waals surface area contributed by atoms with Crippen molar-refractivity contribution in [2.24, 2.45) is 0 Å². The number of hydrogen-bond donors (Lipinski definition) is 0. The van der Waals surface area contributed by atoms with Crippen LogP contribution >= 0.6 is 0 Å². The molecule has 0 aliphatic carbocycles. The lowest BCUT2D eigenvalue weighted by Crippen LogP contribution is -1.73. The molecular formula is C7H6FO. The van der Waals surface area contributed by atoms with Gasteiger partial charge in [0.25, 0.3) is 0 Å². The highest BCUT2D eigenvalue weighted by Gasteiger charge is 1.91. The third-order valence-corrected chi connectivity index (χ3v) is 1.05. The molecule has 0 heterocycles. The van der Waals surface area contributed by atoms with Crippen molar-refractivity contribution < 1.29 is 9.50 Å². The van der Waals surface area contributed by atoms with Gasteiger partial charge in [-0.3, -0.25) is 5.11 Å². The van der Waals surface area contributed by atoms with Gasteiger partial charge in [-0.25, -0.2) is 4.39 Å². The molecule has 0 unspecified atom stereocenters. The van der Waals surface area contributed by atoms with Crippen LogP contribution in [0.3, 0.4) is 0 Å². The molecule has 9 heavy (non-hydrogen) atoms. The van der Waals surface area contributed by atoms with Gasteiger partial charge in [-0.2, -0.15) is 0 Å². The van der Waals surface area contributed by atoms with E-state index in [4.69, 9.17) is 0 Å². The molecule has 0 aliphatic heterocycles. The van der Waals surface area contributed by atoms with Crippen LogP contribution in [0.5, 0.6) is 5.75 Å². The van der Waals surface area contributed by atoms with Gasteiger partial charge in [-0.1, -0.05) is 12.1 Å². The van der Waals surface area contributed by atoms with Crippen molar-refractivity contribution in [2.45, 2.75) is 6.67 Å². The average molecular weight is 125 g/mol. The van der Waals surface area contributed by atoms with Gasteiger partial charge in [0, 0.05) is 0 Å². The van der Waals surface area contributed by atoms with E-state index in [1.54, 1.807) is 12.1 Å². The summed E-state index contributed by atoms with van der Waals surface area (Å²) in [4.78, 5) is 0. The van der Waals surface area contributed by atoms with Crippen molar-refractivity contribution in [2.75, 3.05) is 0 Å². The van der Waals surface area contributed by atoms with Gasteiger partial charge in [0.1, 0.15) is 6.67 Å². The zero-order chi connectivity index (χ0) is 6.69. The molecule has 0 N–H and O–H groups in total. The first-order valence-corrected chi connectivity index (χ1v) is 2.65. The number of hydrogen-bond acceptors (Lipinski definition) is 0. The average Bonchev–Trinajstić information content (AvgIpc) is 1.88. The topological polar surface area (TPSA) is 19.9 Å². The van der Waals surface area contributed by atoms with Crippen LogP contribution in [0.4, 0.5) is 4.39 Å². The first-order chi connectivity index (χ1) is 4.33. The molecule has 1 nitrogen and oxygen atoms in total. The Hall–Kier alpha value is -1.05. The van der Waals surface area contributed by atoms with Crippen molar-refractivity contribution in [3.63, 3.8) is 0 Å². The van der Waals surface area contributed by atoms with Crippen molar-refractivity contribution >= 4 is 0 Å². The van der Waals surface area contributed by atoms with Crippen molar-refractivity contribution in [3.8, 4) is 5.75 Å². The van der Waals surface area contributed by atoms with Crippen LogP contribution in [0.25, 0.3) is 0 Å². The van der Waals surface area contributed by atoms with E-state index in [1.165, 1.54) is 12.1 Å². The van der Waals surface area contributed by atoms with E-state index in [0.29, 0.717) is 5.56 Å². The molecule has 0 amide bonds. The lowest BCUT2D eigenvalue weighted by molar-refractivity contribution is 0.353. The Kier molecular flexibility index (Phi) is 1.68. The summed E-state index contributed by atoms with van der Waals surface area (Å²) in [6.07, 6.45) is 0. The Labute approximate surface area is 52.8 Å². The maximum absolute atomic E-state index is 11.8. The predicted octanol–water partition coefficient (Wildman–Crippen LogP) is 2.30. The smallest absolute Gasteiger partial charge is 0.179 e. The van der Waals surface area contributed by atoms with E-state index in [0.717, 1.165) is 0 Å². The molecule has 0 saturated heterocycles. The first-order valence-electron chi connectivity index (χ1n) is 2.65. The van der Waals surface area contributed by atoms with Gasteiger partial charge in [0.05, 0.1) is 0 Å². The first kappa shape index (κ1) is 6.08. The molecule has 0 aromatic heterocycles. The summed E-state index contributed by atoms with van der Waals surface area (Å²) in [5.41, 5.74) is 0.447. The Morgan fingerprint density at radius 3 is 2.67 bits per heavy atom. The second kappa shape index (κ2) is 2.49. The van der Waals surface area contributed by atoms with Crippen LogP contribution < -0.4 is 0 Å². The summed E-state index contributed by atoms with van der Waals surface area (Å²) < 4.78 is 11.8. The number of rotatable bonds is 1. The Bertz CT molecular complexity index is 198. The molecule has 0 atom stereocenters. The lowest BCUT2D eigenvalue weighted by Gasteiger charge is -1.90. The fourth-order valence-corrected chi connectivity index (χ4v) is 0.629. The maximum atomic E-state index is 11.8. The second-order valence-corrected chi connectivity index (χ2v) is 1.78. The number of alkyl halides is 1. The van der Waals surface area contributed by atoms with Gasteiger partial charge in [-0.05, 0) is 17.7 Å². The molecule has 1 aromatic carbocycles. The third-order valence-electron chi connectivity index (χ3n) is 1.05. The molecule has 0 bridgehead atoms. The summed E-state index contributed by atoms with van der Waals surface area (Å²) in [7, 11) is 0. The van der Waals surface area contributed by atoms with E-state index in [2.05, 4.69) is 0 Å².